The Hall–Kier alpha value is -2.90. The van der Waals surface area contributed by atoms with Crippen LogP contribution in [0.2, 0.25) is 0 Å². The molecular weight excluding hydrogens is 388 g/mol. The van der Waals surface area contributed by atoms with Crippen LogP contribution in [-0.2, 0) is 6.18 Å². The van der Waals surface area contributed by atoms with Gasteiger partial charge in [-0.1, -0.05) is 0 Å². The van der Waals surface area contributed by atoms with Gasteiger partial charge in [-0.2, -0.15) is 0 Å². The molecule has 4 aromatic carbocycles. The minimum absolute atomic E-state index is 0.616. The number of alkyl halides is 3. The molecule has 0 amide bonds. The number of halogens is 3. The maximum absolute atomic E-state index is 13.6. The Kier molecular flexibility index (Phi) is 5.25. The Labute approximate surface area is 169 Å². The molecular formula is C25H20F3P. The molecule has 0 aliphatic carbocycles. The molecule has 0 atom stereocenters. The van der Waals surface area contributed by atoms with Crippen LogP contribution in [-0.4, -0.2) is 0 Å². The number of benzene rings is 4. The molecule has 0 heterocycles. The van der Waals surface area contributed by atoms with Crippen molar-refractivity contribution >= 4 is 28.5 Å². The van der Waals surface area contributed by atoms with Gasteiger partial charge in [-0.25, -0.2) is 0 Å². The van der Waals surface area contributed by atoms with Gasteiger partial charge in [0.25, 0.3) is 0 Å². The molecule has 4 heteroatoms. The summed E-state index contributed by atoms with van der Waals surface area (Å²) in [5.74, 6) is 0. The molecule has 4 aromatic rings. The van der Waals surface area contributed by atoms with Crippen LogP contribution in [0.4, 0.5) is 13.2 Å². The zero-order valence-corrected chi connectivity index (χ0v) is 16.6. The van der Waals surface area contributed by atoms with Crippen LogP contribution < -0.4 is 21.2 Å². The zero-order chi connectivity index (χ0) is 20.3. The molecule has 29 heavy (non-hydrogen) atoms. The Balaban J connectivity index is 2.12. The van der Waals surface area contributed by atoms with Crippen molar-refractivity contribution in [1.29, 1.82) is 0 Å². The first kappa shape index (κ1) is 19.4. The fraction of sp³-hybridized carbons (Fsp3) is 0.0400. The summed E-state index contributed by atoms with van der Waals surface area (Å²) in [7, 11) is -2.91. The second-order valence-corrected chi connectivity index (χ2v) is 10.7. The molecule has 0 aliphatic heterocycles. The topological polar surface area (TPSA) is 0 Å². The summed E-state index contributed by atoms with van der Waals surface area (Å²) in [6.07, 6.45) is -4.39. The third-order valence-corrected chi connectivity index (χ3v) is 10.0. The average Bonchev–Trinajstić information content (AvgIpc) is 2.76. The summed E-state index contributed by atoms with van der Waals surface area (Å²) in [6.45, 7) is 0. The predicted molar refractivity (Wildman–Crippen MR) is 118 cm³/mol. The van der Waals surface area contributed by atoms with Crippen molar-refractivity contribution in [2.75, 3.05) is 0 Å². The molecule has 0 N–H and O–H groups in total. The van der Waals surface area contributed by atoms with E-state index >= 15 is 0 Å². The normalized spacial score (nSPS) is 12.5. The van der Waals surface area contributed by atoms with Crippen molar-refractivity contribution in [2.24, 2.45) is 0 Å². The van der Waals surface area contributed by atoms with Crippen molar-refractivity contribution in [3.63, 3.8) is 0 Å². The SMILES string of the molecule is FC(F)(F)c1cccc([PH](c2ccccc2)(c2ccccc2)c2ccccc2)c1. The van der Waals surface area contributed by atoms with Crippen molar-refractivity contribution in [3.8, 4) is 0 Å². The maximum atomic E-state index is 13.6. The van der Waals surface area contributed by atoms with Gasteiger partial charge in [-0.05, 0) is 0 Å². The summed E-state index contributed by atoms with van der Waals surface area (Å²) in [5, 5.41) is 3.88. The summed E-state index contributed by atoms with van der Waals surface area (Å²) < 4.78 is 40.7. The molecule has 0 unspecified atom stereocenters. The van der Waals surface area contributed by atoms with Crippen LogP contribution in [0.15, 0.2) is 115 Å². The van der Waals surface area contributed by atoms with Gasteiger partial charge >= 0.3 is 169 Å². The van der Waals surface area contributed by atoms with E-state index in [0.717, 1.165) is 27.3 Å². The summed E-state index contributed by atoms with van der Waals surface area (Å²) in [4.78, 5) is 0. The van der Waals surface area contributed by atoms with Gasteiger partial charge in [-0.3, -0.25) is 0 Å². The molecule has 0 spiro atoms. The first-order valence-electron chi connectivity index (χ1n) is 9.37. The van der Waals surface area contributed by atoms with E-state index in [1.165, 1.54) is 12.1 Å². The van der Waals surface area contributed by atoms with Gasteiger partial charge in [0.1, 0.15) is 0 Å². The second kappa shape index (κ2) is 7.85. The Morgan fingerprint density at radius 2 is 0.828 bits per heavy atom. The number of hydrogen-bond acceptors (Lipinski definition) is 0. The Bertz CT molecular complexity index is 978. The summed E-state index contributed by atoms with van der Waals surface area (Å²) in [5.41, 5.74) is -0.616. The predicted octanol–water partition coefficient (Wildman–Crippen LogP) is 5.06. The van der Waals surface area contributed by atoms with E-state index in [1.807, 2.05) is 97.1 Å². The fourth-order valence-electron chi connectivity index (χ4n) is 3.99. The fourth-order valence-corrected chi connectivity index (χ4v) is 8.79. The van der Waals surface area contributed by atoms with Gasteiger partial charge < -0.3 is 0 Å². The first-order valence-corrected chi connectivity index (χ1v) is 11.4. The van der Waals surface area contributed by atoms with Crippen molar-refractivity contribution < 1.29 is 13.2 Å². The van der Waals surface area contributed by atoms with Gasteiger partial charge in [0, 0.05) is 0 Å². The van der Waals surface area contributed by atoms with E-state index in [-0.39, 0.29) is 0 Å². The Morgan fingerprint density at radius 3 is 1.21 bits per heavy atom. The van der Waals surface area contributed by atoms with E-state index < -0.39 is 19.0 Å². The van der Waals surface area contributed by atoms with Crippen molar-refractivity contribution in [1.82, 2.24) is 0 Å². The Morgan fingerprint density at radius 1 is 0.448 bits per heavy atom. The van der Waals surface area contributed by atoms with Crippen molar-refractivity contribution in [3.05, 3.63) is 121 Å². The molecule has 0 aliphatic rings. The molecule has 0 bridgehead atoms. The molecule has 146 valence electrons. The number of rotatable bonds is 4. The van der Waals surface area contributed by atoms with Crippen LogP contribution in [0, 0.1) is 0 Å². The van der Waals surface area contributed by atoms with Gasteiger partial charge in [0.15, 0.2) is 0 Å². The zero-order valence-electron chi connectivity index (χ0n) is 15.6. The van der Waals surface area contributed by atoms with E-state index in [9.17, 15) is 13.2 Å². The van der Waals surface area contributed by atoms with Crippen molar-refractivity contribution in [2.45, 2.75) is 6.18 Å². The first-order chi connectivity index (χ1) is 14.0. The van der Waals surface area contributed by atoms with E-state index in [2.05, 4.69) is 0 Å². The average molecular weight is 408 g/mol. The molecule has 4 rings (SSSR count). The third kappa shape index (κ3) is 3.59. The summed E-state index contributed by atoms with van der Waals surface area (Å²) in [6, 6.07) is 35.6. The summed E-state index contributed by atoms with van der Waals surface area (Å²) >= 11 is 0. The van der Waals surface area contributed by atoms with E-state index in [4.69, 9.17) is 0 Å². The quantitative estimate of drug-likeness (QED) is 0.414. The van der Waals surface area contributed by atoms with Gasteiger partial charge in [0.05, 0.1) is 0 Å². The molecule has 0 fully saturated rings. The standard InChI is InChI=1S/C25H20F3P/c26-25(27,28)20-11-10-18-24(19-20)29(21-12-4-1-5-13-21,22-14-6-2-7-15-22)23-16-8-3-9-17-23/h1-19,29H. The van der Waals surface area contributed by atoms with E-state index in [0.29, 0.717) is 0 Å². The third-order valence-electron chi connectivity index (χ3n) is 5.24. The molecule has 0 saturated heterocycles. The van der Waals surface area contributed by atoms with Gasteiger partial charge in [0.2, 0.25) is 0 Å². The molecule has 0 radical (unpaired) electrons. The molecule has 0 saturated carbocycles. The van der Waals surface area contributed by atoms with Gasteiger partial charge in [-0.15, -0.1) is 0 Å². The van der Waals surface area contributed by atoms with Crippen LogP contribution in [0.25, 0.3) is 0 Å². The monoisotopic (exact) mass is 408 g/mol. The van der Waals surface area contributed by atoms with E-state index in [1.54, 1.807) is 0 Å². The van der Waals surface area contributed by atoms with Crippen LogP contribution in [0.5, 0.6) is 0 Å². The minimum atomic E-state index is -4.39. The molecule has 0 nitrogen and oxygen atoms in total. The van der Waals surface area contributed by atoms with Crippen LogP contribution in [0.1, 0.15) is 5.56 Å². The van der Waals surface area contributed by atoms with Crippen LogP contribution in [0.3, 0.4) is 0 Å². The molecule has 0 aromatic heterocycles. The second-order valence-electron chi connectivity index (χ2n) is 6.93. The van der Waals surface area contributed by atoms with Crippen LogP contribution >= 0.6 is 7.26 Å². The number of hydrogen-bond donors (Lipinski definition) is 0.